The molecule has 126 valence electrons. The van der Waals surface area contributed by atoms with Crippen LogP contribution in [0.3, 0.4) is 0 Å². The summed E-state index contributed by atoms with van der Waals surface area (Å²) in [7, 11) is 0. The maximum absolute atomic E-state index is 12.9. The maximum atomic E-state index is 12.9. The first kappa shape index (κ1) is 16.9. The number of nitrogens with one attached hydrogen (secondary N) is 1. The fourth-order valence-corrected chi connectivity index (χ4v) is 2.75. The number of hydrogen-bond acceptors (Lipinski definition) is 2. The van der Waals surface area contributed by atoms with Crippen molar-refractivity contribution in [1.29, 1.82) is 0 Å². The van der Waals surface area contributed by atoms with Crippen LogP contribution >= 0.6 is 11.6 Å². The van der Waals surface area contributed by atoms with Crippen molar-refractivity contribution >= 4 is 17.5 Å². The summed E-state index contributed by atoms with van der Waals surface area (Å²) in [6.07, 6.45) is 2.28. The fourth-order valence-electron chi connectivity index (χ4n) is 2.62. The van der Waals surface area contributed by atoms with Crippen LogP contribution < -0.4 is 5.32 Å². The molecule has 0 spiro atoms. The molecule has 1 aliphatic carbocycles. The lowest BCUT2D eigenvalue weighted by Gasteiger charge is -2.21. The van der Waals surface area contributed by atoms with Crippen molar-refractivity contribution in [2.75, 3.05) is 6.54 Å². The summed E-state index contributed by atoms with van der Waals surface area (Å²) in [6.45, 7) is 1.53. The molecule has 1 amide bonds. The fraction of sp³-hybridized carbons (Fsp3) is 0.316. The summed E-state index contributed by atoms with van der Waals surface area (Å²) in [5.74, 6) is -0.284. The SMILES string of the molecule is O=C(CN(Cc1ccc(Cl)cc1)C1CC1)NCc1ccc(F)cc1. The predicted molar refractivity (Wildman–Crippen MR) is 93.1 cm³/mol. The third-order valence-corrected chi connectivity index (χ3v) is 4.36. The monoisotopic (exact) mass is 346 g/mol. The molecule has 1 aliphatic rings. The molecule has 5 heteroatoms. The molecule has 24 heavy (non-hydrogen) atoms. The zero-order valence-electron chi connectivity index (χ0n) is 13.3. The first-order valence-electron chi connectivity index (χ1n) is 8.10. The van der Waals surface area contributed by atoms with E-state index in [4.69, 9.17) is 11.6 Å². The zero-order chi connectivity index (χ0) is 16.9. The van der Waals surface area contributed by atoms with Crippen LogP contribution in [0.25, 0.3) is 0 Å². The van der Waals surface area contributed by atoms with Crippen molar-refractivity contribution in [2.45, 2.75) is 32.0 Å². The molecule has 0 saturated heterocycles. The highest BCUT2D eigenvalue weighted by atomic mass is 35.5. The van der Waals surface area contributed by atoms with Crippen LogP contribution in [-0.2, 0) is 17.9 Å². The highest BCUT2D eigenvalue weighted by molar-refractivity contribution is 6.30. The van der Waals surface area contributed by atoms with E-state index in [1.807, 2.05) is 24.3 Å². The molecule has 0 heterocycles. The van der Waals surface area contributed by atoms with Crippen molar-refractivity contribution in [3.05, 3.63) is 70.5 Å². The van der Waals surface area contributed by atoms with Gasteiger partial charge in [-0.3, -0.25) is 9.69 Å². The molecule has 1 N–H and O–H groups in total. The normalized spacial score (nSPS) is 14.0. The van der Waals surface area contributed by atoms with E-state index >= 15 is 0 Å². The van der Waals surface area contributed by atoms with E-state index in [2.05, 4.69) is 10.2 Å². The van der Waals surface area contributed by atoms with Crippen LogP contribution in [0.2, 0.25) is 5.02 Å². The van der Waals surface area contributed by atoms with Gasteiger partial charge in [0.15, 0.2) is 0 Å². The van der Waals surface area contributed by atoms with E-state index in [-0.39, 0.29) is 11.7 Å². The number of benzene rings is 2. The number of halogens is 2. The molecule has 2 aromatic carbocycles. The summed E-state index contributed by atoms with van der Waals surface area (Å²) in [5, 5.41) is 3.62. The molecular weight excluding hydrogens is 327 g/mol. The van der Waals surface area contributed by atoms with Gasteiger partial charge in [-0.15, -0.1) is 0 Å². The quantitative estimate of drug-likeness (QED) is 0.828. The predicted octanol–water partition coefficient (Wildman–Crippen LogP) is 3.76. The zero-order valence-corrected chi connectivity index (χ0v) is 14.1. The highest BCUT2D eigenvalue weighted by Gasteiger charge is 2.30. The topological polar surface area (TPSA) is 32.3 Å². The number of carbonyl (C=O) groups is 1. The van der Waals surface area contributed by atoms with Crippen LogP contribution in [0.4, 0.5) is 4.39 Å². The highest BCUT2D eigenvalue weighted by Crippen LogP contribution is 2.28. The Morgan fingerprint density at radius 3 is 2.33 bits per heavy atom. The number of nitrogens with zero attached hydrogens (tertiary/aromatic N) is 1. The minimum atomic E-state index is -0.270. The van der Waals surface area contributed by atoms with Gasteiger partial charge in [-0.05, 0) is 48.2 Å². The smallest absolute Gasteiger partial charge is 0.234 e. The Morgan fingerprint density at radius 2 is 1.71 bits per heavy atom. The van der Waals surface area contributed by atoms with E-state index in [0.29, 0.717) is 24.2 Å². The molecule has 0 radical (unpaired) electrons. The average Bonchev–Trinajstić information content (AvgIpc) is 3.41. The molecule has 1 fully saturated rings. The standard InChI is InChI=1S/C19H20ClFN2O/c20-16-5-1-15(2-6-16)12-23(18-9-10-18)13-19(24)22-11-14-3-7-17(21)8-4-14/h1-8,18H,9-13H2,(H,22,24). The van der Waals surface area contributed by atoms with Gasteiger partial charge >= 0.3 is 0 Å². The van der Waals surface area contributed by atoms with Crippen LogP contribution in [0.1, 0.15) is 24.0 Å². The molecule has 0 aromatic heterocycles. The van der Waals surface area contributed by atoms with Crippen molar-refractivity contribution in [2.24, 2.45) is 0 Å². The lowest BCUT2D eigenvalue weighted by Crippen LogP contribution is -2.37. The van der Waals surface area contributed by atoms with Crippen molar-refractivity contribution < 1.29 is 9.18 Å². The number of hydrogen-bond donors (Lipinski definition) is 1. The maximum Gasteiger partial charge on any atom is 0.234 e. The molecule has 2 aromatic rings. The molecule has 1 saturated carbocycles. The van der Waals surface area contributed by atoms with E-state index in [9.17, 15) is 9.18 Å². The average molecular weight is 347 g/mol. The molecular formula is C19H20ClFN2O. The largest absolute Gasteiger partial charge is 0.351 e. The van der Waals surface area contributed by atoms with E-state index in [1.165, 1.54) is 12.1 Å². The summed E-state index contributed by atoms with van der Waals surface area (Å²) in [4.78, 5) is 14.4. The van der Waals surface area contributed by atoms with Crippen molar-refractivity contribution in [3.63, 3.8) is 0 Å². The van der Waals surface area contributed by atoms with E-state index in [0.717, 1.165) is 30.5 Å². The van der Waals surface area contributed by atoms with Gasteiger partial charge in [0.25, 0.3) is 0 Å². The molecule has 0 bridgehead atoms. The summed E-state index contributed by atoms with van der Waals surface area (Å²) in [5.41, 5.74) is 2.04. The Bertz CT molecular complexity index is 684. The van der Waals surface area contributed by atoms with Gasteiger partial charge < -0.3 is 5.32 Å². The first-order valence-corrected chi connectivity index (χ1v) is 8.47. The molecule has 0 atom stereocenters. The van der Waals surface area contributed by atoms with Gasteiger partial charge in [0.05, 0.1) is 6.54 Å². The van der Waals surface area contributed by atoms with Crippen molar-refractivity contribution in [1.82, 2.24) is 10.2 Å². The number of amides is 1. The second kappa shape index (κ2) is 7.77. The lowest BCUT2D eigenvalue weighted by atomic mass is 10.2. The van der Waals surface area contributed by atoms with Crippen LogP contribution in [0.15, 0.2) is 48.5 Å². The minimum Gasteiger partial charge on any atom is -0.351 e. The number of rotatable bonds is 7. The van der Waals surface area contributed by atoms with Gasteiger partial charge in [0.2, 0.25) is 5.91 Å². The van der Waals surface area contributed by atoms with Crippen LogP contribution in [0.5, 0.6) is 0 Å². The van der Waals surface area contributed by atoms with Crippen LogP contribution in [-0.4, -0.2) is 23.4 Å². The van der Waals surface area contributed by atoms with Gasteiger partial charge in [-0.25, -0.2) is 4.39 Å². The van der Waals surface area contributed by atoms with Crippen LogP contribution in [0, 0.1) is 5.82 Å². The Labute approximate surface area is 146 Å². The Kier molecular flexibility index (Phi) is 5.48. The molecule has 0 unspecified atom stereocenters. The molecule has 0 aliphatic heterocycles. The summed E-state index contributed by atoms with van der Waals surface area (Å²) >= 11 is 5.92. The van der Waals surface area contributed by atoms with Gasteiger partial charge in [-0.1, -0.05) is 35.9 Å². The summed E-state index contributed by atoms with van der Waals surface area (Å²) < 4.78 is 12.9. The third-order valence-electron chi connectivity index (χ3n) is 4.11. The third kappa shape index (κ3) is 5.05. The van der Waals surface area contributed by atoms with Gasteiger partial charge in [0, 0.05) is 24.2 Å². The second-order valence-electron chi connectivity index (χ2n) is 6.17. The molecule has 3 nitrogen and oxygen atoms in total. The lowest BCUT2D eigenvalue weighted by molar-refractivity contribution is -0.122. The minimum absolute atomic E-state index is 0.0137. The Morgan fingerprint density at radius 1 is 1.08 bits per heavy atom. The van der Waals surface area contributed by atoms with E-state index in [1.54, 1.807) is 12.1 Å². The number of carbonyl (C=O) groups excluding carboxylic acids is 1. The van der Waals surface area contributed by atoms with Gasteiger partial charge in [-0.2, -0.15) is 0 Å². The second-order valence-corrected chi connectivity index (χ2v) is 6.60. The van der Waals surface area contributed by atoms with Crippen molar-refractivity contribution in [3.8, 4) is 0 Å². The van der Waals surface area contributed by atoms with E-state index < -0.39 is 0 Å². The first-order chi connectivity index (χ1) is 11.6. The molecule has 3 rings (SSSR count). The Balaban J connectivity index is 1.52. The summed E-state index contributed by atoms with van der Waals surface area (Å²) in [6, 6.07) is 14.4. The Hall–Kier alpha value is -1.91. The van der Waals surface area contributed by atoms with Gasteiger partial charge in [0.1, 0.15) is 5.82 Å².